The molecular formula is C24H29ClFN5O3. The van der Waals surface area contributed by atoms with Gasteiger partial charge in [-0.3, -0.25) is 9.20 Å². The van der Waals surface area contributed by atoms with Crippen molar-refractivity contribution >= 4 is 28.8 Å². The number of benzene rings is 1. The van der Waals surface area contributed by atoms with Gasteiger partial charge >= 0.3 is 0 Å². The molecule has 2 aromatic heterocycles. The van der Waals surface area contributed by atoms with Gasteiger partial charge in [0.2, 0.25) is 0 Å². The zero-order chi connectivity index (χ0) is 24.9. The summed E-state index contributed by atoms with van der Waals surface area (Å²) in [5.41, 5.74) is 6.84. The van der Waals surface area contributed by atoms with E-state index in [0.29, 0.717) is 41.3 Å². The molecule has 10 heteroatoms. The molecule has 0 aliphatic heterocycles. The number of halogens is 2. The first-order valence-electron chi connectivity index (χ1n) is 11.2. The number of aryl methyl sites for hydroxylation is 1. The fraction of sp³-hybridized carbons (Fsp3) is 0.458. The lowest BCUT2D eigenvalue weighted by molar-refractivity contribution is 0.0559. The highest BCUT2D eigenvalue weighted by Gasteiger charge is 2.38. The summed E-state index contributed by atoms with van der Waals surface area (Å²) in [6.45, 7) is 9.24. The molecule has 3 aromatic rings. The third-order valence-electron chi connectivity index (χ3n) is 6.19. The Morgan fingerprint density at radius 1 is 1.41 bits per heavy atom. The van der Waals surface area contributed by atoms with Gasteiger partial charge in [0.05, 0.1) is 28.3 Å². The number of rotatable bonds is 6. The fourth-order valence-corrected chi connectivity index (χ4v) is 4.60. The number of carbonyl (C=O) groups is 1. The second-order valence-corrected chi connectivity index (χ2v) is 9.97. The number of imidazole rings is 1. The number of ether oxygens (including phenoxy) is 1. The van der Waals surface area contributed by atoms with Gasteiger partial charge in [0.1, 0.15) is 28.5 Å². The Kier molecular flexibility index (Phi) is 6.20. The van der Waals surface area contributed by atoms with Gasteiger partial charge in [0.15, 0.2) is 5.82 Å². The Morgan fingerprint density at radius 3 is 2.71 bits per heavy atom. The summed E-state index contributed by atoms with van der Waals surface area (Å²) < 4.78 is 23.2. The molecule has 1 aliphatic rings. The quantitative estimate of drug-likeness (QED) is 0.485. The number of hydrogen-bond acceptors (Lipinski definition) is 6. The first-order chi connectivity index (χ1) is 15.9. The van der Waals surface area contributed by atoms with Gasteiger partial charge < -0.3 is 20.9 Å². The number of aliphatic hydroxyl groups is 1. The molecule has 4 rings (SSSR count). The van der Waals surface area contributed by atoms with Crippen LogP contribution in [0.5, 0.6) is 5.75 Å². The van der Waals surface area contributed by atoms with Crippen LogP contribution in [0, 0.1) is 12.7 Å². The van der Waals surface area contributed by atoms with Crippen molar-refractivity contribution in [2.24, 2.45) is 0 Å². The lowest BCUT2D eigenvalue weighted by Crippen LogP contribution is -2.47. The molecular weight excluding hydrogens is 461 g/mol. The van der Waals surface area contributed by atoms with E-state index in [-0.39, 0.29) is 28.5 Å². The van der Waals surface area contributed by atoms with Gasteiger partial charge in [-0.15, -0.1) is 0 Å². The molecule has 34 heavy (non-hydrogen) atoms. The predicted molar refractivity (Wildman–Crippen MR) is 128 cm³/mol. The van der Waals surface area contributed by atoms with Crippen molar-refractivity contribution in [3.05, 3.63) is 51.9 Å². The summed E-state index contributed by atoms with van der Waals surface area (Å²) in [5, 5.41) is 12.1. The number of aromatic nitrogens is 3. The molecule has 1 aromatic carbocycles. The smallest absolute Gasteiger partial charge is 0.258 e. The van der Waals surface area contributed by atoms with Crippen LogP contribution in [0.15, 0.2) is 18.5 Å². The number of nitrogen functional groups attached to an aromatic ring is 1. The second-order valence-electron chi connectivity index (χ2n) is 9.56. The summed E-state index contributed by atoms with van der Waals surface area (Å²) in [5.74, 6) is -0.434. The molecule has 8 nitrogen and oxygen atoms in total. The fourth-order valence-electron chi connectivity index (χ4n) is 4.40. The highest BCUT2D eigenvalue weighted by Crippen LogP contribution is 2.43. The molecule has 1 fully saturated rings. The molecule has 1 amide bonds. The van der Waals surface area contributed by atoms with Crippen molar-refractivity contribution in [2.75, 3.05) is 5.73 Å². The minimum Gasteiger partial charge on any atom is -0.490 e. The van der Waals surface area contributed by atoms with Crippen molar-refractivity contribution in [2.45, 2.75) is 71.1 Å². The van der Waals surface area contributed by atoms with E-state index in [1.54, 1.807) is 26.2 Å². The van der Waals surface area contributed by atoms with Crippen LogP contribution in [0.2, 0.25) is 5.02 Å². The van der Waals surface area contributed by atoms with Crippen molar-refractivity contribution in [3.63, 3.8) is 0 Å². The van der Waals surface area contributed by atoms with Gasteiger partial charge in [-0.2, -0.15) is 0 Å². The van der Waals surface area contributed by atoms with E-state index in [0.717, 1.165) is 0 Å². The molecule has 1 saturated carbocycles. The average Bonchev–Trinajstić information content (AvgIpc) is 3.07. The molecule has 0 bridgehead atoms. The van der Waals surface area contributed by atoms with E-state index < -0.39 is 23.2 Å². The van der Waals surface area contributed by atoms with Crippen molar-refractivity contribution < 1.29 is 19.0 Å². The number of aliphatic hydroxyl groups excluding tert-OH is 1. The summed E-state index contributed by atoms with van der Waals surface area (Å²) in [6.07, 6.45) is 3.37. The minimum absolute atomic E-state index is 0.107. The molecule has 2 heterocycles. The van der Waals surface area contributed by atoms with Gasteiger partial charge in [0, 0.05) is 24.0 Å². The predicted octanol–water partition coefficient (Wildman–Crippen LogP) is 3.78. The van der Waals surface area contributed by atoms with E-state index >= 15 is 4.39 Å². The lowest BCUT2D eigenvalue weighted by Gasteiger charge is -2.33. The summed E-state index contributed by atoms with van der Waals surface area (Å²) in [6, 6.07) is 1.25. The number of hydrogen-bond donors (Lipinski definition) is 3. The van der Waals surface area contributed by atoms with E-state index in [1.807, 2.05) is 25.2 Å². The Balaban J connectivity index is 1.91. The third kappa shape index (κ3) is 4.07. The Morgan fingerprint density at radius 2 is 2.09 bits per heavy atom. The Labute approximate surface area is 202 Å². The zero-order valence-corrected chi connectivity index (χ0v) is 20.6. The van der Waals surface area contributed by atoms with Gasteiger partial charge in [-0.25, -0.2) is 14.4 Å². The Bertz CT molecular complexity index is 1270. The highest BCUT2D eigenvalue weighted by atomic mass is 35.5. The first-order valence-corrected chi connectivity index (χ1v) is 11.6. The maximum absolute atomic E-state index is 15.3. The van der Waals surface area contributed by atoms with Crippen LogP contribution in [-0.4, -0.2) is 43.6 Å². The number of nitrogens with one attached hydrogen (secondary N) is 1. The molecule has 0 unspecified atom stereocenters. The van der Waals surface area contributed by atoms with Crippen molar-refractivity contribution in [1.82, 2.24) is 19.7 Å². The SMILES string of the molecule is Cc1nc(C(C)(C)c2cc(Cl)c(F)c(C(=O)NC3CC(O)C3)c2OC(C)C)n2ccnc(N)c12. The second kappa shape index (κ2) is 8.70. The molecule has 0 saturated heterocycles. The maximum atomic E-state index is 15.3. The summed E-state index contributed by atoms with van der Waals surface area (Å²) in [7, 11) is 0. The number of carbonyl (C=O) groups excluding carboxylic acids is 1. The molecule has 0 atom stereocenters. The molecule has 0 spiro atoms. The van der Waals surface area contributed by atoms with Crippen LogP contribution in [0.4, 0.5) is 10.2 Å². The van der Waals surface area contributed by atoms with E-state index in [9.17, 15) is 9.90 Å². The molecule has 182 valence electrons. The normalized spacial score (nSPS) is 18.3. The van der Waals surface area contributed by atoms with E-state index in [1.165, 1.54) is 6.07 Å². The highest BCUT2D eigenvalue weighted by molar-refractivity contribution is 6.31. The molecule has 1 aliphatic carbocycles. The molecule has 0 radical (unpaired) electrons. The zero-order valence-electron chi connectivity index (χ0n) is 19.8. The monoisotopic (exact) mass is 489 g/mol. The topological polar surface area (TPSA) is 115 Å². The number of fused-ring (bicyclic) bond motifs is 1. The number of amides is 1. The Hall–Kier alpha value is -2.91. The average molecular weight is 490 g/mol. The van der Waals surface area contributed by atoms with Crippen LogP contribution < -0.4 is 15.8 Å². The van der Waals surface area contributed by atoms with Gasteiger partial charge in [-0.1, -0.05) is 11.6 Å². The minimum atomic E-state index is -0.867. The van der Waals surface area contributed by atoms with Gasteiger partial charge in [-0.05, 0) is 53.5 Å². The van der Waals surface area contributed by atoms with E-state index in [4.69, 9.17) is 27.1 Å². The van der Waals surface area contributed by atoms with Crippen molar-refractivity contribution in [3.8, 4) is 5.75 Å². The largest absolute Gasteiger partial charge is 0.490 e. The van der Waals surface area contributed by atoms with Crippen LogP contribution in [0.3, 0.4) is 0 Å². The van der Waals surface area contributed by atoms with Crippen LogP contribution in [0.25, 0.3) is 5.52 Å². The van der Waals surface area contributed by atoms with Crippen LogP contribution in [-0.2, 0) is 5.41 Å². The van der Waals surface area contributed by atoms with Crippen LogP contribution in [0.1, 0.15) is 68.0 Å². The number of nitrogens with zero attached hydrogens (tertiary/aromatic N) is 3. The van der Waals surface area contributed by atoms with Crippen molar-refractivity contribution in [1.29, 1.82) is 0 Å². The number of nitrogens with two attached hydrogens (primary N) is 1. The third-order valence-corrected chi connectivity index (χ3v) is 6.47. The van der Waals surface area contributed by atoms with Gasteiger partial charge in [0.25, 0.3) is 5.91 Å². The standard InChI is InChI=1S/C24H29ClFN5O3/c1-11(2)34-20-15(10-16(25)18(26)17(20)22(33)30-13-8-14(32)9-13)24(4,5)23-29-12(3)19-21(27)28-6-7-31(19)23/h6-7,10-11,13-14,32H,8-9H2,1-5H3,(H2,27,28)(H,30,33). The summed E-state index contributed by atoms with van der Waals surface area (Å²) >= 11 is 6.31. The summed E-state index contributed by atoms with van der Waals surface area (Å²) in [4.78, 5) is 22.1. The van der Waals surface area contributed by atoms with E-state index in [2.05, 4.69) is 10.3 Å². The number of anilines is 1. The molecule has 4 N–H and O–H groups in total. The first kappa shape index (κ1) is 24.2. The van der Waals surface area contributed by atoms with Crippen LogP contribution >= 0.6 is 11.6 Å². The lowest BCUT2D eigenvalue weighted by atomic mass is 9.81. The maximum Gasteiger partial charge on any atom is 0.258 e.